The van der Waals surface area contributed by atoms with Crippen LogP contribution < -0.4 is 10.6 Å². The Bertz CT molecular complexity index is 944. The van der Waals surface area contributed by atoms with Gasteiger partial charge in [-0.1, -0.05) is 29.5 Å². The van der Waals surface area contributed by atoms with Gasteiger partial charge in [-0.15, -0.1) is 0 Å². The topological polar surface area (TPSA) is 93.5 Å². The predicted octanol–water partition coefficient (Wildman–Crippen LogP) is 3.11. The molecule has 0 radical (unpaired) electrons. The number of methoxy groups -OCH3 is 1. The second-order valence-corrected chi connectivity index (χ2v) is 6.39. The molecule has 3 aromatic rings. The lowest BCUT2D eigenvalue weighted by atomic mass is 10.2. The molecule has 2 aromatic heterocycles. The highest BCUT2D eigenvalue weighted by atomic mass is 32.1. The summed E-state index contributed by atoms with van der Waals surface area (Å²) in [6.45, 7) is 1.68. The number of para-hydroxylation sites is 1. The molecule has 2 N–H and O–H groups in total. The van der Waals surface area contributed by atoms with Crippen molar-refractivity contribution in [3.05, 3.63) is 46.7 Å². The molecule has 9 heteroatoms. The van der Waals surface area contributed by atoms with E-state index < -0.39 is 11.9 Å². The first kappa shape index (κ1) is 17.1. The van der Waals surface area contributed by atoms with Crippen LogP contribution in [0.3, 0.4) is 0 Å². The predicted molar refractivity (Wildman–Crippen MR) is 98.1 cm³/mol. The Hall–Kier alpha value is -2.78. The van der Waals surface area contributed by atoms with Crippen molar-refractivity contribution in [2.75, 3.05) is 12.4 Å². The minimum absolute atomic E-state index is 0.0515. The number of fused-ring (bicyclic) bond motifs is 1. The number of aromatic nitrogens is 1. The van der Waals surface area contributed by atoms with Crippen LogP contribution in [0.4, 0.5) is 5.13 Å². The van der Waals surface area contributed by atoms with Crippen molar-refractivity contribution in [1.29, 1.82) is 0 Å². The van der Waals surface area contributed by atoms with Gasteiger partial charge in [-0.25, -0.2) is 9.78 Å². The highest BCUT2D eigenvalue weighted by Crippen LogP contribution is 2.23. The standard InChI is InChI=1S/C16H13N3O4S2/c1-8-12(14(21)22-2)25-16(17-8)19-15(24)18-13(20)11-7-9-5-3-4-6-10(9)23-11/h3-7H,1-2H3,(H2,17,18,19,20,24). The molecule has 0 aliphatic rings. The van der Waals surface area contributed by atoms with Crippen molar-refractivity contribution in [3.8, 4) is 0 Å². The molecular weight excluding hydrogens is 362 g/mol. The zero-order valence-corrected chi connectivity index (χ0v) is 14.9. The van der Waals surface area contributed by atoms with Gasteiger partial charge in [-0.2, -0.15) is 0 Å². The summed E-state index contributed by atoms with van der Waals surface area (Å²) in [5, 5.41) is 6.55. The van der Waals surface area contributed by atoms with Gasteiger partial charge < -0.3 is 14.5 Å². The number of ether oxygens (including phenoxy) is 1. The van der Waals surface area contributed by atoms with E-state index in [0.717, 1.165) is 16.7 Å². The lowest BCUT2D eigenvalue weighted by molar-refractivity contribution is 0.0605. The fourth-order valence-electron chi connectivity index (χ4n) is 2.12. The second-order valence-electron chi connectivity index (χ2n) is 4.98. The van der Waals surface area contributed by atoms with Crippen LogP contribution in [-0.2, 0) is 4.74 Å². The van der Waals surface area contributed by atoms with Crippen molar-refractivity contribution in [3.63, 3.8) is 0 Å². The minimum Gasteiger partial charge on any atom is -0.465 e. The largest absolute Gasteiger partial charge is 0.465 e. The number of thiazole rings is 1. The number of nitrogens with zero attached hydrogens (tertiary/aromatic N) is 1. The van der Waals surface area contributed by atoms with Gasteiger partial charge in [0.15, 0.2) is 16.0 Å². The number of rotatable bonds is 3. The molecular formula is C16H13N3O4S2. The van der Waals surface area contributed by atoms with Crippen LogP contribution in [-0.4, -0.2) is 29.1 Å². The minimum atomic E-state index is -0.477. The van der Waals surface area contributed by atoms with Gasteiger partial charge in [0.1, 0.15) is 10.5 Å². The third-order valence-corrected chi connectivity index (χ3v) is 4.52. The highest BCUT2D eigenvalue weighted by molar-refractivity contribution is 7.80. The van der Waals surface area contributed by atoms with Gasteiger partial charge >= 0.3 is 5.97 Å². The van der Waals surface area contributed by atoms with Gasteiger partial charge in [0.25, 0.3) is 5.91 Å². The lowest BCUT2D eigenvalue weighted by Gasteiger charge is -2.05. The summed E-state index contributed by atoms with van der Waals surface area (Å²) in [6, 6.07) is 8.93. The van der Waals surface area contributed by atoms with E-state index in [-0.39, 0.29) is 10.9 Å². The van der Waals surface area contributed by atoms with Crippen molar-refractivity contribution >= 4 is 56.6 Å². The monoisotopic (exact) mass is 375 g/mol. The van der Waals surface area contributed by atoms with Crippen LogP contribution in [0.25, 0.3) is 11.0 Å². The molecule has 128 valence electrons. The van der Waals surface area contributed by atoms with Gasteiger partial charge in [0.05, 0.1) is 12.8 Å². The molecule has 0 aliphatic heterocycles. The lowest BCUT2D eigenvalue weighted by Crippen LogP contribution is -2.33. The Labute approximate surface area is 152 Å². The number of benzene rings is 1. The number of hydrogen-bond acceptors (Lipinski definition) is 7. The normalized spacial score (nSPS) is 10.5. The van der Waals surface area contributed by atoms with E-state index in [9.17, 15) is 9.59 Å². The van der Waals surface area contributed by atoms with Crippen molar-refractivity contribution < 1.29 is 18.7 Å². The average Bonchev–Trinajstić information content (AvgIpc) is 3.17. The number of aryl methyl sites for hydroxylation is 1. The molecule has 2 heterocycles. The number of esters is 1. The number of carbonyl (C=O) groups is 2. The number of amides is 1. The molecule has 0 spiro atoms. The number of carbonyl (C=O) groups excluding carboxylic acids is 2. The molecule has 0 saturated heterocycles. The number of nitrogens with one attached hydrogen (secondary N) is 2. The van der Waals surface area contributed by atoms with Crippen LogP contribution in [0.1, 0.15) is 25.9 Å². The third kappa shape index (κ3) is 3.67. The summed E-state index contributed by atoms with van der Waals surface area (Å²) in [5.41, 5.74) is 1.13. The van der Waals surface area contributed by atoms with Crippen molar-refractivity contribution in [2.24, 2.45) is 0 Å². The second kappa shape index (κ2) is 6.99. The van der Waals surface area contributed by atoms with E-state index in [4.69, 9.17) is 16.6 Å². The summed E-state index contributed by atoms with van der Waals surface area (Å²) in [4.78, 5) is 28.4. The first-order valence-electron chi connectivity index (χ1n) is 7.14. The number of hydrogen-bond donors (Lipinski definition) is 2. The Morgan fingerprint density at radius 3 is 2.80 bits per heavy atom. The molecule has 25 heavy (non-hydrogen) atoms. The Balaban J connectivity index is 1.68. The maximum Gasteiger partial charge on any atom is 0.350 e. The highest BCUT2D eigenvalue weighted by Gasteiger charge is 2.18. The molecule has 3 rings (SSSR count). The van der Waals surface area contributed by atoms with E-state index in [0.29, 0.717) is 21.3 Å². The van der Waals surface area contributed by atoms with E-state index in [1.807, 2.05) is 18.2 Å². The van der Waals surface area contributed by atoms with E-state index in [2.05, 4.69) is 20.4 Å². The van der Waals surface area contributed by atoms with Crippen LogP contribution >= 0.6 is 23.6 Å². The fraction of sp³-hybridized carbons (Fsp3) is 0.125. The van der Waals surface area contributed by atoms with Crippen LogP contribution in [0.2, 0.25) is 0 Å². The summed E-state index contributed by atoms with van der Waals surface area (Å²) >= 11 is 6.19. The zero-order valence-electron chi connectivity index (χ0n) is 13.3. The first-order chi connectivity index (χ1) is 12.0. The molecule has 0 aliphatic carbocycles. The Morgan fingerprint density at radius 1 is 1.32 bits per heavy atom. The molecule has 0 saturated carbocycles. The SMILES string of the molecule is COC(=O)c1sc(NC(=S)NC(=O)c2cc3ccccc3o2)nc1C. The van der Waals surface area contributed by atoms with E-state index in [1.165, 1.54) is 7.11 Å². The average molecular weight is 375 g/mol. The summed E-state index contributed by atoms with van der Waals surface area (Å²) in [7, 11) is 1.30. The van der Waals surface area contributed by atoms with Crippen molar-refractivity contribution in [1.82, 2.24) is 10.3 Å². The summed E-state index contributed by atoms with van der Waals surface area (Å²) < 4.78 is 10.2. The molecule has 0 fully saturated rings. The summed E-state index contributed by atoms with van der Waals surface area (Å²) in [6.07, 6.45) is 0. The molecule has 0 unspecified atom stereocenters. The fourth-order valence-corrected chi connectivity index (χ4v) is 3.26. The maximum atomic E-state index is 12.2. The van der Waals surface area contributed by atoms with Crippen LogP contribution in [0, 0.1) is 6.92 Å². The molecule has 0 bridgehead atoms. The smallest absolute Gasteiger partial charge is 0.350 e. The Morgan fingerprint density at radius 2 is 2.08 bits per heavy atom. The van der Waals surface area contributed by atoms with Crippen LogP contribution in [0.15, 0.2) is 34.7 Å². The van der Waals surface area contributed by atoms with Crippen LogP contribution in [0.5, 0.6) is 0 Å². The summed E-state index contributed by atoms with van der Waals surface area (Å²) in [5.74, 6) is -0.800. The first-order valence-corrected chi connectivity index (χ1v) is 8.37. The number of thiocarbonyl (C=S) groups is 1. The van der Waals surface area contributed by atoms with E-state index in [1.54, 1.807) is 19.1 Å². The molecule has 1 aromatic carbocycles. The van der Waals surface area contributed by atoms with Gasteiger partial charge in [-0.3, -0.25) is 10.1 Å². The van der Waals surface area contributed by atoms with Gasteiger partial charge in [0, 0.05) is 5.39 Å². The molecule has 0 atom stereocenters. The van der Waals surface area contributed by atoms with Gasteiger partial charge in [0.2, 0.25) is 0 Å². The number of anilines is 1. The van der Waals surface area contributed by atoms with Gasteiger partial charge in [-0.05, 0) is 31.3 Å². The molecule has 7 nitrogen and oxygen atoms in total. The number of furan rings is 1. The third-order valence-electron chi connectivity index (χ3n) is 3.26. The van der Waals surface area contributed by atoms with Crippen molar-refractivity contribution in [2.45, 2.75) is 6.92 Å². The molecule has 1 amide bonds. The maximum absolute atomic E-state index is 12.2. The quantitative estimate of drug-likeness (QED) is 0.537. The van der Waals surface area contributed by atoms with E-state index >= 15 is 0 Å². The zero-order chi connectivity index (χ0) is 18.0. The Kier molecular flexibility index (Phi) is 4.77.